The SMILES string of the molecule is Cc1cccc(Oc2ccc([N+](=O)[O-])cc2CO)c1F. The molecule has 0 unspecified atom stereocenters. The topological polar surface area (TPSA) is 72.6 Å². The van der Waals surface area contributed by atoms with Gasteiger partial charge in [0.25, 0.3) is 5.69 Å². The first-order chi connectivity index (χ1) is 9.52. The van der Waals surface area contributed by atoms with Crippen LogP contribution in [0, 0.1) is 22.9 Å². The summed E-state index contributed by atoms with van der Waals surface area (Å²) < 4.78 is 19.2. The van der Waals surface area contributed by atoms with Crippen LogP contribution in [-0.2, 0) is 6.61 Å². The van der Waals surface area contributed by atoms with Gasteiger partial charge in [-0.2, -0.15) is 0 Å². The molecule has 0 amide bonds. The molecule has 0 radical (unpaired) electrons. The normalized spacial score (nSPS) is 10.3. The predicted molar refractivity (Wildman–Crippen MR) is 70.2 cm³/mol. The fourth-order valence-electron chi connectivity index (χ4n) is 1.72. The van der Waals surface area contributed by atoms with Gasteiger partial charge in [-0.1, -0.05) is 12.1 Å². The Morgan fingerprint density at radius 1 is 1.30 bits per heavy atom. The van der Waals surface area contributed by atoms with Crippen molar-refractivity contribution in [3.05, 3.63) is 63.5 Å². The minimum absolute atomic E-state index is 0.00792. The van der Waals surface area contributed by atoms with E-state index in [1.54, 1.807) is 19.1 Å². The number of nitro benzene ring substituents is 1. The van der Waals surface area contributed by atoms with E-state index in [0.717, 1.165) is 0 Å². The van der Waals surface area contributed by atoms with Crippen molar-refractivity contribution >= 4 is 5.69 Å². The monoisotopic (exact) mass is 277 g/mol. The average molecular weight is 277 g/mol. The van der Waals surface area contributed by atoms with E-state index in [9.17, 15) is 19.6 Å². The standard InChI is InChI=1S/C14H12FNO4/c1-9-3-2-4-13(14(9)15)20-12-6-5-11(16(18)19)7-10(12)8-17/h2-7,17H,8H2,1H3. The van der Waals surface area contributed by atoms with Crippen LogP contribution in [0.5, 0.6) is 11.5 Å². The molecule has 2 aromatic carbocycles. The molecule has 20 heavy (non-hydrogen) atoms. The van der Waals surface area contributed by atoms with Crippen LogP contribution in [0.15, 0.2) is 36.4 Å². The summed E-state index contributed by atoms with van der Waals surface area (Å²) in [6.45, 7) is 1.16. The lowest BCUT2D eigenvalue weighted by atomic mass is 10.2. The molecular weight excluding hydrogens is 265 g/mol. The molecule has 0 aliphatic heterocycles. The van der Waals surface area contributed by atoms with Crippen LogP contribution >= 0.6 is 0 Å². The van der Waals surface area contributed by atoms with Crippen LogP contribution in [-0.4, -0.2) is 10.0 Å². The Balaban J connectivity index is 2.38. The number of hydrogen-bond donors (Lipinski definition) is 1. The Morgan fingerprint density at radius 2 is 2.05 bits per heavy atom. The van der Waals surface area contributed by atoms with Gasteiger partial charge in [0.05, 0.1) is 11.5 Å². The van der Waals surface area contributed by atoms with Crippen molar-refractivity contribution in [2.45, 2.75) is 13.5 Å². The number of nitrogens with zero attached hydrogens (tertiary/aromatic N) is 1. The fraction of sp³-hybridized carbons (Fsp3) is 0.143. The van der Waals surface area contributed by atoms with Crippen molar-refractivity contribution in [1.82, 2.24) is 0 Å². The van der Waals surface area contributed by atoms with Crippen molar-refractivity contribution < 1.29 is 19.2 Å². The quantitative estimate of drug-likeness (QED) is 0.687. The third-order valence-electron chi connectivity index (χ3n) is 2.80. The van der Waals surface area contributed by atoms with Crippen molar-refractivity contribution in [2.24, 2.45) is 0 Å². The highest BCUT2D eigenvalue weighted by atomic mass is 19.1. The van der Waals surface area contributed by atoms with E-state index in [2.05, 4.69) is 0 Å². The molecule has 2 rings (SSSR count). The predicted octanol–water partition coefficient (Wildman–Crippen LogP) is 3.33. The Hall–Kier alpha value is -2.47. The summed E-state index contributed by atoms with van der Waals surface area (Å²) in [5, 5.41) is 19.9. The smallest absolute Gasteiger partial charge is 0.270 e. The van der Waals surface area contributed by atoms with Crippen LogP contribution in [0.2, 0.25) is 0 Å². The van der Waals surface area contributed by atoms with Crippen LogP contribution in [0.3, 0.4) is 0 Å². The van der Waals surface area contributed by atoms with Crippen molar-refractivity contribution in [2.75, 3.05) is 0 Å². The van der Waals surface area contributed by atoms with Gasteiger partial charge in [0.15, 0.2) is 11.6 Å². The first-order valence-electron chi connectivity index (χ1n) is 5.84. The second-order valence-corrected chi connectivity index (χ2v) is 4.20. The summed E-state index contributed by atoms with van der Waals surface area (Å²) in [6.07, 6.45) is 0. The zero-order valence-corrected chi connectivity index (χ0v) is 10.7. The summed E-state index contributed by atoms with van der Waals surface area (Å²) in [6, 6.07) is 8.46. The third-order valence-corrected chi connectivity index (χ3v) is 2.80. The Kier molecular flexibility index (Phi) is 3.95. The largest absolute Gasteiger partial charge is 0.454 e. The van der Waals surface area contributed by atoms with Crippen molar-refractivity contribution in [3.8, 4) is 11.5 Å². The molecule has 0 aromatic heterocycles. The van der Waals surface area contributed by atoms with Gasteiger partial charge in [0.2, 0.25) is 0 Å². The zero-order chi connectivity index (χ0) is 14.7. The molecule has 0 bridgehead atoms. The summed E-state index contributed by atoms with van der Waals surface area (Å²) in [5.74, 6) is -0.314. The number of ether oxygens (including phenoxy) is 1. The lowest BCUT2D eigenvalue weighted by Crippen LogP contribution is -1.97. The summed E-state index contributed by atoms with van der Waals surface area (Å²) in [4.78, 5) is 10.1. The second kappa shape index (κ2) is 5.66. The van der Waals surface area contributed by atoms with Gasteiger partial charge in [-0.05, 0) is 24.6 Å². The molecule has 5 nitrogen and oxygen atoms in total. The van der Waals surface area contributed by atoms with Crippen LogP contribution < -0.4 is 4.74 Å². The van der Waals surface area contributed by atoms with Crippen molar-refractivity contribution in [1.29, 1.82) is 0 Å². The maximum atomic E-state index is 13.8. The number of benzene rings is 2. The first kappa shape index (κ1) is 14.0. The van der Waals surface area contributed by atoms with E-state index < -0.39 is 17.3 Å². The van der Waals surface area contributed by atoms with E-state index >= 15 is 0 Å². The van der Waals surface area contributed by atoms with Gasteiger partial charge >= 0.3 is 0 Å². The van der Waals surface area contributed by atoms with Gasteiger partial charge in [0, 0.05) is 17.7 Å². The molecule has 0 spiro atoms. The van der Waals surface area contributed by atoms with E-state index in [-0.39, 0.29) is 22.7 Å². The minimum atomic E-state index is -0.573. The van der Waals surface area contributed by atoms with E-state index in [1.165, 1.54) is 24.3 Å². The zero-order valence-electron chi connectivity index (χ0n) is 10.7. The first-order valence-corrected chi connectivity index (χ1v) is 5.84. The molecule has 1 N–H and O–H groups in total. The van der Waals surface area contributed by atoms with Gasteiger partial charge in [-0.3, -0.25) is 10.1 Å². The molecule has 0 fully saturated rings. The molecular formula is C14H12FNO4. The van der Waals surface area contributed by atoms with Crippen molar-refractivity contribution in [3.63, 3.8) is 0 Å². The molecule has 104 valence electrons. The number of nitro groups is 1. The summed E-state index contributed by atoms with van der Waals surface area (Å²) >= 11 is 0. The highest BCUT2D eigenvalue weighted by Crippen LogP contribution is 2.31. The maximum absolute atomic E-state index is 13.8. The summed E-state index contributed by atoms with van der Waals surface area (Å²) in [7, 11) is 0. The molecule has 0 heterocycles. The molecule has 0 saturated carbocycles. The Bertz CT molecular complexity index is 658. The average Bonchev–Trinajstić information content (AvgIpc) is 2.44. The number of aliphatic hydroxyl groups is 1. The maximum Gasteiger partial charge on any atom is 0.270 e. The Labute approximate surface area is 114 Å². The third kappa shape index (κ3) is 2.75. The lowest BCUT2D eigenvalue weighted by molar-refractivity contribution is -0.385. The van der Waals surface area contributed by atoms with Crippen LogP contribution in [0.4, 0.5) is 10.1 Å². The number of aliphatic hydroxyl groups excluding tert-OH is 1. The molecule has 2 aromatic rings. The fourth-order valence-corrected chi connectivity index (χ4v) is 1.72. The van der Waals surface area contributed by atoms with Gasteiger partial charge in [0.1, 0.15) is 5.75 Å². The van der Waals surface area contributed by atoms with Gasteiger partial charge < -0.3 is 9.84 Å². The second-order valence-electron chi connectivity index (χ2n) is 4.20. The van der Waals surface area contributed by atoms with E-state index in [1.807, 2.05) is 0 Å². The van der Waals surface area contributed by atoms with Gasteiger partial charge in [-0.15, -0.1) is 0 Å². The van der Waals surface area contributed by atoms with Crippen LogP contribution in [0.25, 0.3) is 0 Å². The number of rotatable bonds is 4. The number of non-ortho nitro benzene ring substituents is 1. The number of hydrogen-bond acceptors (Lipinski definition) is 4. The number of aryl methyl sites for hydroxylation is 1. The minimum Gasteiger partial charge on any atom is -0.454 e. The van der Waals surface area contributed by atoms with Gasteiger partial charge in [-0.25, -0.2) is 4.39 Å². The highest BCUT2D eigenvalue weighted by Gasteiger charge is 2.14. The lowest BCUT2D eigenvalue weighted by Gasteiger charge is -2.11. The number of halogens is 1. The highest BCUT2D eigenvalue weighted by molar-refractivity contribution is 5.46. The van der Waals surface area contributed by atoms with E-state index in [4.69, 9.17) is 4.74 Å². The molecule has 0 atom stereocenters. The molecule has 0 aliphatic rings. The molecule has 0 saturated heterocycles. The summed E-state index contributed by atoms with van der Waals surface area (Å²) in [5.41, 5.74) is 0.487. The van der Waals surface area contributed by atoms with E-state index in [0.29, 0.717) is 5.56 Å². The Morgan fingerprint density at radius 3 is 2.70 bits per heavy atom. The molecule has 0 aliphatic carbocycles. The molecule has 6 heteroatoms. The van der Waals surface area contributed by atoms with Crippen LogP contribution in [0.1, 0.15) is 11.1 Å².